The van der Waals surface area contributed by atoms with Gasteiger partial charge in [-0.1, -0.05) is 12.5 Å². The molecule has 0 bridgehead atoms. The topological polar surface area (TPSA) is 66.5 Å². The quantitative estimate of drug-likeness (QED) is 0.735. The third kappa shape index (κ3) is 4.68. The molecule has 0 aliphatic carbocycles. The zero-order chi connectivity index (χ0) is 18.6. The molecule has 26 heavy (non-hydrogen) atoms. The van der Waals surface area contributed by atoms with E-state index in [2.05, 4.69) is 5.32 Å². The van der Waals surface area contributed by atoms with E-state index in [0.29, 0.717) is 17.3 Å². The number of anilines is 1. The van der Waals surface area contributed by atoms with Crippen LogP contribution in [0.3, 0.4) is 0 Å². The van der Waals surface area contributed by atoms with Crippen molar-refractivity contribution >= 4 is 44.7 Å². The van der Waals surface area contributed by atoms with Gasteiger partial charge in [-0.3, -0.25) is 4.79 Å². The molecule has 5 nitrogen and oxygen atoms in total. The van der Waals surface area contributed by atoms with E-state index in [1.54, 1.807) is 28.2 Å². The van der Waals surface area contributed by atoms with Crippen molar-refractivity contribution in [3.63, 3.8) is 0 Å². The smallest absolute Gasteiger partial charge is 0.252 e. The molecule has 1 aliphatic rings. The monoisotopic (exact) mass is 410 g/mol. The number of rotatable bonds is 6. The van der Waals surface area contributed by atoms with E-state index >= 15 is 0 Å². The molecule has 2 aromatic rings. The Bertz CT molecular complexity index is 871. The largest absolute Gasteiger partial charge is 0.326 e. The van der Waals surface area contributed by atoms with E-state index < -0.39 is 10.0 Å². The molecular weight excluding hydrogens is 388 g/mol. The number of carbonyl (C=O) groups excluding carboxylic acids is 1. The molecule has 1 aromatic heterocycles. The molecule has 0 spiro atoms. The molecule has 0 atom stereocenters. The Kier molecular flexibility index (Phi) is 6.39. The summed E-state index contributed by atoms with van der Waals surface area (Å²) in [6.07, 6.45) is 5.06. The summed E-state index contributed by atoms with van der Waals surface area (Å²) in [5, 5.41) is 2.87. The van der Waals surface area contributed by atoms with Gasteiger partial charge < -0.3 is 5.32 Å². The van der Waals surface area contributed by atoms with Crippen molar-refractivity contribution in [2.24, 2.45) is 0 Å². The first-order valence-electron chi connectivity index (χ1n) is 8.52. The number of hydrogen-bond donors (Lipinski definition) is 1. The average Bonchev–Trinajstić information content (AvgIpc) is 3.11. The molecule has 1 aromatic carbocycles. The van der Waals surface area contributed by atoms with Crippen LogP contribution < -0.4 is 5.32 Å². The van der Waals surface area contributed by atoms with Crippen molar-refractivity contribution in [3.8, 4) is 0 Å². The van der Waals surface area contributed by atoms with Crippen molar-refractivity contribution in [1.29, 1.82) is 0 Å². The van der Waals surface area contributed by atoms with Crippen LogP contribution in [0, 0.1) is 0 Å². The molecule has 1 amide bonds. The first kappa shape index (κ1) is 19.4. The Balaban J connectivity index is 1.65. The fraction of sp³-hybridized carbons (Fsp3) is 0.389. The predicted molar refractivity (Wildman–Crippen MR) is 107 cm³/mol. The van der Waals surface area contributed by atoms with Crippen LogP contribution in [0.15, 0.2) is 45.5 Å². The number of thioether (sulfide) groups is 1. The SMILES string of the molecule is CSc1cccc(NC(=O)Cc2ccc(S(=O)(=O)N3CCCCC3)s2)c1. The molecule has 1 saturated heterocycles. The minimum atomic E-state index is -3.43. The first-order chi connectivity index (χ1) is 12.5. The molecule has 0 radical (unpaired) electrons. The molecule has 2 heterocycles. The predicted octanol–water partition coefficient (Wildman–Crippen LogP) is 3.83. The van der Waals surface area contributed by atoms with Gasteiger partial charge in [0.2, 0.25) is 5.91 Å². The zero-order valence-corrected chi connectivity index (χ0v) is 17.1. The summed E-state index contributed by atoms with van der Waals surface area (Å²) in [6, 6.07) is 11.0. The van der Waals surface area contributed by atoms with Gasteiger partial charge in [0.1, 0.15) is 4.21 Å². The highest BCUT2D eigenvalue weighted by Crippen LogP contribution is 2.27. The Hall–Kier alpha value is -1.35. The third-order valence-electron chi connectivity index (χ3n) is 4.23. The van der Waals surface area contributed by atoms with Crippen molar-refractivity contribution in [1.82, 2.24) is 4.31 Å². The molecular formula is C18H22N2O3S3. The van der Waals surface area contributed by atoms with E-state index in [1.807, 2.05) is 30.5 Å². The number of carbonyl (C=O) groups is 1. The maximum absolute atomic E-state index is 12.7. The van der Waals surface area contributed by atoms with Gasteiger partial charge in [-0.15, -0.1) is 23.1 Å². The summed E-state index contributed by atoms with van der Waals surface area (Å²) < 4.78 is 27.2. The highest BCUT2D eigenvalue weighted by Gasteiger charge is 2.27. The number of hydrogen-bond acceptors (Lipinski definition) is 5. The summed E-state index contributed by atoms with van der Waals surface area (Å²) >= 11 is 2.80. The van der Waals surface area contributed by atoms with Crippen LogP contribution in [-0.2, 0) is 21.2 Å². The highest BCUT2D eigenvalue weighted by atomic mass is 32.2. The lowest BCUT2D eigenvalue weighted by Gasteiger charge is -2.25. The molecule has 1 aliphatic heterocycles. The Labute approximate surface area is 162 Å². The first-order valence-corrected chi connectivity index (χ1v) is 12.0. The van der Waals surface area contributed by atoms with E-state index in [4.69, 9.17) is 0 Å². The lowest BCUT2D eigenvalue weighted by molar-refractivity contribution is -0.115. The second-order valence-corrected chi connectivity index (χ2v) is 10.4. The van der Waals surface area contributed by atoms with Crippen molar-refractivity contribution in [3.05, 3.63) is 41.3 Å². The zero-order valence-electron chi connectivity index (χ0n) is 14.6. The summed E-state index contributed by atoms with van der Waals surface area (Å²) in [6.45, 7) is 1.17. The molecule has 0 saturated carbocycles. The van der Waals surface area contributed by atoms with E-state index in [9.17, 15) is 13.2 Å². The van der Waals surface area contributed by atoms with Crippen molar-refractivity contribution < 1.29 is 13.2 Å². The van der Waals surface area contributed by atoms with Gasteiger partial charge in [0.15, 0.2) is 0 Å². The molecule has 0 unspecified atom stereocenters. The molecule has 1 N–H and O–H groups in total. The third-order valence-corrected chi connectivity index (χ3v) is 8.41. The Morgan fingerprint density at radius 1 is 1.19 bits per heavy atom. The van der Waals surface area contributed by atoms with Crippen molar-refractivity contribution in [2.75, 3.05) is 24.7 Å². The number of sulfonamides is 1. The summed E-state index contributed by atoms with van der Waals surface area (Å²) in [5.74, 6) is -0.146. The van der Waals surface area contributed by atoms with Crippen LogP contribution in [0.4, 0.5) is 5.69 Å². The number of thiophene rings is 1. The van der Waals surface area contributed by atoms with E-state index in [1.165, 1.54) is 11.3 Å². The summed E-state index contributed by atoms with van der Waals surface area (Å²) in [5.41, 5.74) is 0.750. The van der Waals surface area contributed by atoms with Gasteiger partial charge in [-0.2, -0.15) is 4.31 Å². The fourth-order valence-electron chi connectivity index (χ4n) is 2.89. The minimum absolute atomic E-state index is 0.146. The highest BCUT2D eigenvalue weighted by molar-refractivity contribution is 7.98. The van der Waals surface area contributed by atoms with Crippen LogP contribution >= 0.6 is 23.1 Å². The molecule has 8 heteroatoms. The maximum atomic E-state index is 12.7. The second-order valence-electron chi connectivity index (χ2n) is 6.14. The lowest BCUT2D eigenvalue weighted by Crippen LogP contribution is -2.35. The average molecular weight is 411 g/mol. The Morgan fingerprint density at radius 3 is 2.69 bits per heavy atom. The fourth-order valence-corrected chi connectivity index (χ4v) is 6.37. The van der Waals surface area contributed by atoms with Crippen LogP contribution in [0.2, 0.25) is 0 Å². The van der Waals surface area contributed by atoms with E-state index in [-0.39, 0.29) is 12.3 Å². The van der Waals surface area contributed by atoms with Crippen LogP contribution in [0.5, 0.6) is 0 Å². The minimum Gasteiger partial charge on any atom is -0.326 e. The van der Waals surface area contributed by atoms with Gasteiger partial charge in [0, 0.05) is 28.5 Å². The Morgan fingerprint density at radius 2 is 1.96 bits per heavy atom. The lowest BCUT2D eigenvalue weighted by atomic mass is 10.2. The number of amides is 1. The van der Waals surface area contributed by atoms with Crippen molar-refractivity contribution in [2.45, 2.75) is 34.8 Å². The van der Waals surface area contributed by atoms with Gasteiger partial charge >= 0.3 is 0 Å². The number of benzene rings is 1. The normalized spacial score (nSPS) is 15.7. The molecule has 3 rings (SSSR count). The van der Waals surface area contributed by atoms with Gasteiger partial charge in [-0.05, 0) is 49.4 Å². The summed E-state index contributed by atoms with van der Waals surface area (Å²) in [4.78, 5) is 14.1. The van der Waals surface area contributed by atoms with Gasteiger partial charge in [-0.25, -0.2) is 8.42 Å². The standard InChI is InChI=1S/C18H22N2O3S3/c1-24-15-7-5-6-14(12-15)19-17(21)13-16-8-9-18(25-16)26(22,23)20-10-3-2-4-11-20/h5-9,12H,2-4,10-11,13H2,1H3,(H,19,21). The van der Waals surface area contributed by atoms with Crippen LogP contribution in [-0.4, -0.2) is 38.0 Å². The molecule has 1 fully saturated rings. The van der Waals surface area contributed by atoms with Gasteiger partial charge in [0.05, 0.1) is 6.42 Å². The summed E-state index contributed by atoms with van der Waals surface area (Å²) in [7, 11) is -3.43. The van der Waals surface area contributed by atoms with Crippen LogP contribution in [0.1, 0.15) is 24.1 Å². The number of nitrogens with one attached hydrogen (secondary N) is 1. The van der Waals surface area contributed by atoms with E-state index in [0.717, 1.165) is 34.7 Å². The number of piperidine rings is 1. The van der Waals surface area contributed by atoms with Gasteiger partial charge in [0.25, 0.3) is 10.0 Å². The molecule has 140 valence electrons. The van der Waals surface area contributed by atoms with Crippen LogP contribution in [0.25, 0.3) is 0 Å². The second kappa shape index (κ2) is 8.56. The maximum Gasteiger partial charge on any atom is 0.252 e. The number of nitrogens with zero attached hydrogens (tertiary/aromatic N) is 1.